The summed E-state index contributed by atoms with van der Waals surface area (Å²) in [6, 6.07) is 0. The first-order chi connectivity index (χ1) is 8.18. The zero-order chi connectivity index (χ0) is 12.3. The number of rotatable bonds is 5. The van der Waals surface area contributed by atoms with Gasteiger partial charge in [-0.3, -0.25) is 4.68 Å². The van der Waals surface area contributed by atoms with E-state index in [0.717, 1.165) is 38.4 Å². The zero-order valence-electron chi connectivity index (χ0n) is 10.9. The maximum Gasteiger partial charge on any atom is 0.138 e. The molecule has 0 saturated carbocycles. The summed E-state index contributed by atoms with van der Waals surface area (Å²) >= 11 is 0. The SMILES string of the molecule is CCNCC1(Cc2ncnn2C)CCOC1C. The van der Waals surface area contributed by atoms with Crippen LogP contribution in [-0.2, 0) is 18.2 Å². The van der Waals surface area contributed by atoms with E-state index in [1.54, 1.807) is 6.33 Å². The maximum atomic E-state index is 5.76. The Morgan fingerprint density at radius 3 is 3.00 bits per heavy atom. The zero-order valence-corrected chi connectivity index (χ0v) is 10.9. The lowest BCUT2D eigenvalue weighted by Crippen LogP contribution is -2.41. The van der Waals surface area contributed by atoms with Crippen LogP contribution in [0.3, 0.4) is 0 Å². The van der Waals surface area contributed by atoms with Crippen molar-refractivity contribution in [2.24, 2.45) is 12.5 Å². The average Bonchev–Trinajstić information content (AvgIpc) is 2.86. The summed E-state index contributed by atoms with van der Waals surface area (Å²) in [5.74, 6) is 1.04. The van der Waals surface area contributed by atoms with E-state index in [9.17, 15) is 0 Å². The normalized spacial score (nSPS) is 28.8. The third-order valence-corrected chi connectivity index (χ3v) is 3.87. The molecule has 0 radical (unpaired) electrons. The van der Waals surface area contributed by atoms with Gasteiger partial charge in [0, 0.05) is 32.0 Å². The summed E-state index contributed by atoms with van der Waals surface area (Å²) < 4.78 is 7.62. The molecule has 2 atom stereocenters. The molecular weight excluding hydrogens is 216 g/mol. The molecule has 1 saturated heterocycles. The lowest BCUT2D eigenvalue weighted by molar-refractivity contribution is 0.0619. The van der Waals surface area contributed by atoms with Crippen LogP contribution >= 0.6 is 0 Å². The van der Waals surface area contributed by atoms with Crippen molar-refractivity contribution in [1.29, 1.82) is 0 Å². The monoisotopic (exact) mass is 238 g/mol. The molecule has 2 unspecified atom stereocenters. The van der Waals surface area contributed by atoms with E-state index in [4.69, 9.17) is 4.74 Å². The van der Waals surface area contributed by atoms with Crippen molar-refractivity contribution in [3.8, 4) is 0 Å². The van der Waals surface area contributed by atoms with Crippen LogP contribution in [0.1, 0.15) is 26.1 Å². The van der Waals surface area contributed by atoms with Gasteiger partial charge >= 0.3 is 0 Å². The minimum absolute atomic E-state index is 0.163. The highest BCUT2D eigenvalue weighted by Gasteiger charge is 2.42. The predicted molar refractivity (Wildman–Crippen MR) is 65.7 cm³/mol. The minimum Gasteiger partial charge on any atom is -0.378 e. The predicted octanol–water partition coefficient (Wildman–Crippen LogP) is 0.762. The van der Waals surface area contributed by atoms with E-state index >= 15 is 0 Å². The smallest absolute Gasteiger partial charge is 0.138 e. The van der Waals surface area contributed by atoms with Crippen molar-refractivity contribution in [3.05, 3.63) is 12.2 Å². The highest BCUT2D eigenvalue weighted by Crippen LogP contribution is 2.37. The Hall–Kier alpha value is -0.940. The van der Waals surface area contributed by atoms with Crippen molar-refractivity contribution in [2.45, 2.75) is 32.8 Å². The molecular formula is C12H22N4O. The molecule has 0 spiro atoms. The molecule has 0 aromatic carbocycles. The number of aryl methyl sites for hydroxylation is 1. The number of nitrogens with one attached hydrogen (secondary N) is 1. The summed E-state index contributed by atoms with van der Waals surface area (Å²) in [4.78, 5) is 4.34. The fourth-order valence-electron chi connectivity index (χ4n) is 2.51. The Kier molecular flexibility index (Phi) is 3.79. The first-order valence-electron chi connectivity index (χ1n) is 6.33. The lowest BCUT2D eigenvalue weighted by Gasteiger charge is -2.32. The number of hydrogen-bond acceptors (Lipinski definition) is 4. The summed E-state index contributed by atoms with van der Waals surface area (Å²) in [5.41, 5.74) is 0.163. The van der Waals surface area contributed by atoms with Gasteiger partial charge in [0.2, 0.25) is 0 Å². The van der Waals surface area contributed by atoms with Crippen LogP contribution in [0.2, 0.25) is 0 Å². The summed E-state index contributed by atoms with van der Waals surface area (Å²) in [7, 11) is 1.95. The molecule has 0 aliphatic carbocycles. The van der Waals surface area contributed by atoms with Gasteiger partial charge in [-0.1, -0.05) is 6.92 Å². The molecule has 1 aromatic heterocycles. The van der Waals surface area contributed by atoms with Crippen LogP contribution in [0.25, 0.3) is 0 Å². The van der Waals surface area contributed by atoms with E-state index in [0.29, 0.717) is 0 Å². The number of nitrogens with zero attached hydrogens (tertiary/aromatic N) is 3. The van der Waals surface area contributed by atoms with Crippen LogP contribution in [0.5, 0.6) is 0 Å². The van der Waals surface area contributed by atoms with Gasteiger partial charge < -0.3 is 10.1 Å². The molecule has 1 aromatic rings. The molecule has 0 amide bonds. The highest BCUT2D eigenvalue weighted by molar-refractivity contribution is 5.00. The molecule has 96 valence electrons. The topological polar surface area (TPSA) is 52.0 Å². The Labute approximate surface area is 103 Å². The van der Waals surface area contributed by atoms with Crippen molar-refractivity contribution < 1.29 is 4.74 Å². The van der Waals surface area contributed by atoms with Crippen molar-refractivity contribution in [2.75, 3.05) is 19.7 Å². The summed E-state index contributed by atoms with van der Waals surface area (Å²) in [6.45, 7) is 7.13. The second-order valence-corrected chi connectivity index (χ2v) is 4.88. The first kappa shape index (κ1) is 12.5. The van der Waals surface area contributed by atoms with Gasteiger partial charge in [0.05, 0.1) is 6.10 Å². The standard InChI is InChI=1S/C12H22N4O/c1-4-13-8-12(5-6-17-10(12)2)7-11-14-9-15-16(11)3/h9-10,13H,4-8H2,1-3H3. The third-order valence-electron chi connectivity index (χ3n) is 3.87. The molecule has 2 heterocycles. The summed E-state index contributed by atoms with van der Waals surface area (Å²) in [5, 5.41) is 7.60. The average molecular weight is 238 g/mol. The van der Waals surface area contributed by atoms with Crippen LogP contribution < -0.4 is 5.32 Å². The second-order valence-electron chi connectivity index (χ2n) is 4.88. The van der Waals surface area contributed by atoms with E-state index in [-0.39, 0.29) is 11.5 Å². The second kappa shape index (κ2) is 5.14. The van der Waals surface area contributed by atoms with Crippen LogP contribution in [0.4, 0.5) is 0 Å². The molecule has 5 heteroatoms. The van der Waals surface area contributed by atoms with Gasteiger partial charge in [-0.15, -0.1) is 0 Å². The van der Waals surface area contributed by atoms with E-state index in [1.165, 1.54) is 0 Å². The van der Waals surface area contributed by atoms with Gasteiger partial charge in [-0.25, -0.2) is 4.98 Å². The van der Waals surface area contributed by atoms with Crippen molar-refractivity contribution in [3.63, 3.8) is 0 Å². The fraction of sp³-hybridized carbons (Fsp3) is 0.833. The number of ether oxygens (including phenoxy) is 1. The maximum absolute atomic E-state index is 5.76. The highest BCUT2D eigenvalue weighted by atomic mass is 16.5. The fourth-order valence-corrected chi connectivity index (χ4v) is 2.51. The van der Waals surface area contributed by atoms with Gasteiger partial charge in [0.1, 0.15) is 12.2 Å². The lowest BCUT2D eigenvalue weighted by atomic mass is 9.78. The minimum atomic E-state index is 0.163. The molecule has 1 aliphatic heterocycles. The van der Waals surface area contributed by atoms with Crippen molar-refractivity contribution >= 4 is 0 Å². The number of aromatic nitrogens is 3. The molecule has 1 N–H and O–H groups in total. The van der Waals surface area contributed by atoms with Crippen LogP contribution in [-0.4, -0.2) is 40.6 Å². The summed E-state index contributed by atoms with van der Waals surface area (Å²) in [6.07, 6.45) is 3.92. The van der Waals surface area contributed by atoms with E-state index in [1.807, 2.05) is 11.7 Å². The Morgan fingerprint density at radius 2 is 2.47 bits per heavy atom. The largest absolute Gasteiger partial charge is 0.378 e. The Bertz CT molecular complexity index is 365. The number of hydrogen-bond donors (Lipinski definition) is 1. The molecule has 2 rings (SSSR count). The van der Waals surface area contributed by atoms with Gasteiger partial charge in [-0.05, 0) is 19.9 Å². The van der Waals surface area contributed by atoms with Crippen molar-refractivity contribution in [1.82, 2.24) is 20.1 Å². The van der Waals surface area contributed by atoms with Gasteiger partial charge in [0.15, 0.2) is 0 Å². The Morgan fingerprint density at radius 1 is 1.65 bits per heavy atom. The molecule has 17 heavy (non-hydrogen) atoms. The van der Waals surface area contributed by atoms with Gasteiger partial charge in [0.25, 0.3) is 0 Å². The van der Waals surface area contributed by atoms with Gasteiger partial charge in [-0.2, -0.15) is 5.10 Å². The molecule has 1 fully saturated rings. The molecule has 0 bridgehead atoms. The first-order valence-corrected chi connectivity index (χ1v) is 6.33. The quantitative estimate of drug-likeness (QED) is 0.823. The van der Waals surface area contributed by atoms with Crippen LogP contribution in [0.15, 0.2) is 6.33 Å². The third kappa shape index (κ3) is 2.50. The Balaban J connectivity index is 2.13. The van der Waals surface area contributed by atoms with Crippen LogP contribution in [0, 0.1) is 5.41 Å². The molecule has 1 aliphatic rings. The molecule has 5 nitrogen and oxygen atoms in total. The van der Waals surface area contributed by atoms with E-state index in [2.05, 4.69) is 29.2 Å². The van der Waals surface area contributed by atoms with E-state index < -0.39 is 0 Å².